The van der Waals surface area contributed by atoms with Crippen molar-refractivity contribution in [2.45, 2.75) is 13.5 Å². The standard InChI is InChI=1S/C22H18ClN3O/c1-15-13-18(27-14-17-6-2-3-12-24-17)9-10-20(15)25-21-11-8-16-5-4-7-19(23)22(16)26-21/h2-13H,14H2,1H3,(H,25,26). The van der Waals surface area contributed by atoms with Gasteiger partial charge in [0.15, 0.2) is 0 Å². The minimum Gasteiger partial charge on any atom is -0.487 e. The van der Waals surface area contributed by atoms with Gasteiger partial charge in [-0.15, -0.1) is 0 Å². The van der Waals surface area contributed by atoms with Gasteiger partial charge in [0.25, 0.3) is 0 Å². The van der Waals surface area contributed by atoms with Crippen molar-refractivity contribution in [1.29, 1.82) is 0 Å². The Balaban J connectivity index is 1.50. The highest BCUT2D eigenvalue weighted by Gasteiger charge is 2.06. The van der Waals surface area contributed by atoms with Crippen molar-refractivity contribution in [1.82, 2.24) is 9.97 Å². The molecule has 0 aliphatic heterocycles. The molecule has 134 valence electrons. The molecule has 0 radical (unpaired) electrons. The average molecular weight is 376 g/mol. The van der Waals surface area contributed by atoms with Gasteiger partial charge in [0, 0.05) is 17.3 Å². The van der Waals surface area contributed by atoms with Crippen molar-refractivity contribution in [3.63, 3.8) is 0 Å². The number of pyridine rings is 2. The van der Waals surface area contributed by atoms with Gasteiger partial charge in [-0.3, -0.25) is 4.98 Å². The number of aryl methyl sites for hydroxylation is 1. The van der Waals surface area contributed by atoms with Gasteiger partial charge in [-0.1, -0.05) is 29.8 Å². The fourth-order valence-corrected chi connectivity index (χ4v) is 3.05. The number of anilines is 2. The molecule has 0 fully saturated rings. The monoisotopic (exact) mass is 375 g/mol. The summed E-state index contributed by atoms with van der Waals surface area (Å²) in [5, 5.41) is 5.02. The van der Waals surface area contributed by atoms with Crippen LogP contribution in [0.25, 0.3) is 10.9 Å². The molecule has 0 aliphatic carbocycles. The number of nitrogens with zero attached hydrogens (tertiary/aromatic N) is 2. The summed E-state index contributed by atoms with van der Waals surface area (Å²) < 4.78 is 5.83. The molecule has 4 rings (SSSR count). The van der Waals surface area contributed by atoms with E-state index in [1.54, 1.807) is 6.20 Å². The highest BCUT2D eigenvalue weighted by molar-refractivity contribution is 6.35. The molecule has 0 saturated carbocycles. The molecule has 2 aromatic carbocycles. The maximum absolute atomic E-state index is 6.26. The van der Waals surface area contributed by atoms with Crippen molar-refractivity contribution in [3.8, 4) is 5.75 Å². The fourth-order valence-electron chi connectivity index (χ4n) is 2.83. The molecule has 5 heteroatoms. The number of nitrogens with one attached hydrogen (secondary N) is 1. The summed E-state index contributed by atoms with van der Waals surface area (Å²) >= 11 is 6.26. The van der Waals surface area contributed by atoms with Crippen LogP contribution < -0.4 is 10.1 Å². The minimum absolute atomic E-state index is 0.442. The van der Waals surface area contributed by atoms with Gasteiger partial charge < -0.3 is 10.1 Å². The molecule has 4 nitrogen and oxygen atoms in total. The number of hydrogen-bond donors (Lipinski definition) is 1. The largest absolute Gasteiger partial charge is 0.487 e. The third-order valence-corrected chi connectivity index (χ3v) is 4.55. The lowest BCUT2D eigenvalue weighted by Crippen LogP contribution is -1.99. The van der Waals surface area contributed by atoms with Crippen LogP contribution in [0.3, 0.4) is 0 Å². The molecule has 0 bridgehead atoms. The average Bonchev–Trinajstić information content (AvgIpc) is 2.70. The molecular formula is C22H18ClN3O. The molecule has 0 atom stereocenters. The second kappa shape index (κ2) is 7.64. The quantitative estimate of drug-likeness (QED) is 0.470. The summed E-state index contributed by atoms with van der Waals surface area (Å²) in [7, 11) is 0. The molecule has 0 spiro atoms. The Labute approximate surface area is 162 Å². The van der Waals surface area contributed by atoms with E-state index in [1.165, 1.54) is 0 Å². The Morgan fingerprint density at radius 2 is 1.93 bits per heavy atom. The number of hydrogen-bond acceptors (Lipinski definition) is 4. The second-order valence-corrected chi connectivity index (χ2v) is 6.63. The second-order valence-electron chi connectivity index (χ2n) is 6.22. The van der Waals surface area contributed by atoms with E-state index in [9.17, 15) is 0 Å². The highest BCUT2D eigenvalue weighted by atomic mass is 35.5. The summed E-state index contributed by atoms with van der Waals surface area (Å²) in [6.07, 6.45) is 1.76. The van der Waals surface area contributed by atoms with E-state index in [0.717, 1.165) is 39.4 Å². The molecule has 2 aromatic heterocycles. The van der Waals surface area contributed by atoms with Crippen LogP contribution in [0.2, 0.25) is 5.02 Å². The molecule has 4 aromatic rings. The van der Waals surface area contributed by atoms with E-state index in [0.29, 0.717) is 11.6 Å². The van der Waals surface area contributed by atoms with Gasteiger partial charge >= 0.3 is 0 Å². The van der Waals surface area contributed by atoms with Crippen LogP contribution in [-0.4, -0.2) is 9.97 Å². The smallest absolute Gasteiger partial charge is 0.131 e. The van der Waals surface area contributed by atoms with Gasteiger partial charge in [0.05, 0.1) is 16.2 Å². The first-order valence-corrected chi connectivity index (χ1v) is 9.02. The van der Waals surface area contributed by atoms with Crippen molar-refractivity contribution < 1.29 is 4.74 Å². The van der Waals surface area contributed by atoms with Crippen molar-refractivity contribution in [3.05, 3.63) is 89.2 Å². The molecule has 0 amide bonds. The van der Waals surface area contributed by atoms with Crippen LogP contribution in [0.4, 0.5) is 11.5 Å². The first kappa shape index (κ1) is 17.3. The Kier molecular flexibility index (Phi) is 4.90. The zero-order valence-electron chi connectivity index (χ0n) is 14.8. The topological polar surface area (TPSA) is 47.0 Å². The Morgan fingerprint density at radius 1 is 1.00 bits per heavy atom. The van der Waals surface area contributed by atoms with Crippen LogP contribution in [0.15, 0.2) is 72.9 Å². The van der Waals surface area contributed by atoms with Crippen LogP contribution in [0.5, 0.6) is 5.75 Å². The summed E-state index contributed by atoms with van der Waals surface area (Å²) in [6, 6.07) is 21.4. The van der Waals surface area contributed by atoms with Gasteiger partial charge in [0.2, 0.25) is 0 Å². The maximum atomic E-state index is 6.26. The molecule has 1 N–H and O–H groups in total. The fraction of sp³-hybridized carbons (Fsp3) is 0.0909. The Morgan fingerprint density at radius 3 is 2.74 bits per heavy atom. The summed E-state index contributed by atoms with van der Waals surface area (Å²) in [5.74, 6) is 1.55. The number of fused-ring (bicyclic) bond motifs is 1. The molecule has 0 unspecified atom stereocenters. The van der Waals surface area contributed by atoms with Gasteiger partial charge in [0.1, 0.15) is 18.2 Å². The van der Waals surface area contributed by atoms with Crippen LogP contribution in [-0.2, 0) is 6.61 Å². The van der Waals surface area contributed by atoms with E-state index >= 15 is 0 Å². The summed E-state index contributed by atoms with van der Waals surface area (Å²) in [4.78, 5) is 8.89. The minimum atomic E-state index is 0.442. The van der Waals surface area contributed by atoms with Gasteiger partial charge in [-0.2, -0.15) is 0 Å². The zero-order valence-corrected chi connectivity index (χ0v) is 15.6. The maximum Gasteiger partial charge on any atom is 0.131 e. The summed E-state index contributed by atoms with van der Waals surface area (Å²) in [5.41, 5.74) is 3.72. The van der Waals surface area contributed by atoms with Gasteiger partial charge in [-0.25, -0.2) is 4.98 Å². The first-order valence-electron chi connectivity index (χ1n) is 8.65. The summed E-state index contributed by atoms with van der Waals surface area (Å²) in [6.45, 7) is 2.47. The van der Waals surface area contributed by atoms with Crippen LogP contribution in [0.1, 0.15) is 11.3 Å². The van der Waals surface area contributed by atoms with E-state index in [-0.39, 0.29) is 0 Å². The third kappa shape index (κ3) is 4.01. The Hall–Kier alpha value is -3.11. The lowest BCUT2D eigenvalue weighted by atomic mass is 10.2. The Bertz CT molecular complexity index is 1080. The number of benzene rings is 2. The van der Waals surface area contributed by atoms with Crippen molar-refractivity contribution in [2.24, 2.45) is 0 Å². The highest BCUT2D eigenvalue weighted by Crippen LogP contribution is 2.27. The lowest BCUT2D eigenvalue weighted by Gasteiger charge is -2.12. The van der Waals surface area contributed by atoms with E-state index in [2.05, 4.69) is 15.3 Å². The predicted octanol–water partition coefficient (Wildman–Crippen LogP) is 5.91. The first-order chi connectivity index (χ1) is 13.2. The number of ether oxygens (including phenoxy) is 1. The molecule has 0 aliphatic rings. The van der Waals surface area contributed by atoms with Crippen molar-refractivity contribution in [2.75, 3.05) is 5.32 Å². The SMILES string of the molecule is Cc1cc(OCc2ccccn2)ccc1Nc1ccc2cccc(Cl)c2n1. The number of halogens is 1. The van der Waals surface area contributed by atoms with E-state index < -0.39 is 0 Å². The van der Waals surface area contributed by atoms with Gasteiger partial charge in [-0.05, 0) is 61.0 Å². The number of aromatic nitrogens is 2. The molecule has 0 saturated heterocycles. The molecule has 2 heterocycles. The number of para-hydroxylation sites is 1. The predicted molar refractivity (Wildman–Crippen MR) is 110 cm³/mol. The third-order valence-electron chi connectivity index (χ3n) is 4.24. The molecule has 27 heavy (non-hydrogen) atoms. The van der Waals surface area contributed by atoms with Crippen LogP contribution in [0, 0.1) is 6.92 Å². The zero-order chi connectivity index (χ0) is 18.6. The lowest BCUT2D eigenvalue weighted by molar-refractivity contribution is 0.301. The van der Waals surface area contributed by atoms with Crippen molar-refractivity contribution >= 4 is 34.0 Å². The van der Waals surface area contributed by atoms with Crippen LogP contribution >= 0.6 is 11.6 Å². The van der Waals surface area contributed by atoms with E-state index in [4.69, 9.17) is 16.3 Å². The van der Waals surface area contributed by atoms with E-state index in [1.807, 2.05) is 73.7 Å². The molecular weight excluding hydrogens is 358 g/mol. The normalized spacial score (nSPS) is 10.7. The number of rotatable bonds is 5.